The minimum Gasteiger partial charge on any atom is -0.480 e. The fraction of sp³-hybridized carbons (Fsp3) is 0.556. The average molecular weight is 347 g/mol. The lowest BCUT2D eigenvalue weighted by Crippen LogP contribution is -2.51. The van der Waals surface area contributed by atoms with E-state index in [9.17, 15) is 14.4 Å². The lowest BCUT2D eigenvalue weighted by atomic mass is 9.84. The molecule has 2 rings (SSSR count). The van der Waals surface area contributed by atoms with Gasteiger partial charge in [0.05, 0.1) is 0 Å². The molecule has 7 heteroatoms. The van der Waals surface area contributed by atoms with Gasteiger partial charge in [0.2, 0.25) is 5.91 Å². The Hall–Kier alpha value is -2.44. The van der Waals surface area contributed by atoms with Gasteiger partial charge in [-0.3, -0.25) is 19.4 Å². The molecule has 2 atom stereocenters. The molecule has 0 spiro atoms. The van der Waals surface area contributed by atoms with Crippen LogP contribution in [-0.2, 0) is 9.59 Å². The Morgan fingerprint density at radius 2 is 1.80 bits per heavy atom. The molecule has 136 valence electrons. The maximum Gasteiger partial charge on any atom is 0.325 e. The summed E-state index contributed by atoms with van der Waals surface area (Å²) in [5.41, 5.74) is 0.419. The molecule has 0 bridgehead atoms. The van der Waals surface area contributed by atoms with Gasteiger partial charge < -0.3 is 15.7 Å². The van der Waals surface area contributed by atoms with Crippen molar-refractivity contribution in [1.82, 2.24) is 15.6 Å². The number of aromatic nitrogens is 1. The van der Waals surface area contributed by atoms with E-state index in [4.69, 9.17) is 5.11 Å². The minimum atomic E-state index is -1.11. The third-order valence-electron chi connectivity index (χ3n) is 4.59. The van der Waals surface area contributed by atoms with Crippen LogP contribution in [0.2, 0.25) is 0 Å². The Bertz CT molecular complexity index is 600. The van der Waals surface area contributed by atoms with Crippen LogP contribution in [0.5, 0.6) is 0 Å². The molecular weight excluding hydrogens is 322 g/mol. The molecule has 1 aromatic heterocycles. The maximum absolute atomic E-state index is 12.5. The van der Waals surface area contributed by atoms with E-state index >= 15 is 0 Å². The largest absolute Gasteiger partial charge is 0.480 e. The quantitative estimate of drug-likeness (QED) is 0.696. The molecule has 0 aromatic carbocycles. The van der Waals surface area contributed by atoms with Gasteiger partial charge in [-0.25, -0.2) is 0 Å². The SMILES string of the molecule is CC(NC(=O)C(CC1CCCCC1)NC(=O)c1ccncc1)C(=O)O. The molecule has 2 amide bonds. The fourth-order valence-corrected chi connectivity index (χ4v) is 3.11. The highest BCUT2D eigenvalue weighted by Gasteiger charge is 2.28. The third kappa shape index (κ3) is 5.85. The van der Waals surface area contributed by atoms with E-state index in [0.29, 0.717) is 17.9 Å². The van der Waals surface area contributed by atoms with Crippen LogP contribution in [0.15, 0.2) is 24.5 Å². The molecular formula is C18H25N3O4. The van der Waals surface area contributed by atoms with E-state index in [1.165, 1.54) is 25.7 Å². The summed E-state index contributed by atoms with van der Waals surface area (Å²) in [5.74, 6) is -1.56. The monoisotopic (exact) mass is 347 g/mol. The van der Waals surface area contributed by atoms with Crippen LogP contribution < -0.4 is 10.6 Å². The highest BCUT2D eigenvalue weighted by atomic mass is 16.4. The average Bonchev–Trinajstić information content (AvgIpc) is 2.62. The van der Waals surface area contributed by atoms with Crippen LogP contribution >= 0.6 is 0 Å². The number of carboxylic acids is 1. The van der Waals surface area contributed by atoms with Crippen LogP contribution in [-0.4, -0.2) is 40.0 Å². The smallest absolute Gasteiger partial charge is 0.325 e. The van der Waals surface area contributed by atoms with Crippen molar-refractivity contribution in [2.24, 2.45) is 5.92 Å². The summed E-state index contributed by atoms with van der Waals surface area (Å²) >= 11 is 0. The first-order chi connectivity index (χ1) is 12.0. The lowest BCUT2D eigenvalue weighted by molar-refractivity contribution is -0.141. The minimum absolute atomic E-state index is 0.360. The standard InChI is InChI=1S/C18H25N3O4/c1-12(18(24)25)20-17(23)15(11-13-5-3-2-4-6-13)21-16(22)14-7-9-19-10-8-14/h7-10,12-13,15H,2-6,11H2,1H3,(H,20,23)(H,21,22)(H,24,25). The number of pyridine rings is 1. The van der Waals surface area contributed by atoms with Gasteiger partial charge in [-0.05, 0) is 31.4 Å². The highest BCUT2D eigenvalue weighted by molar-refractivity contribution is 5.97. The molecule has 0 aliphatic heterocycles. The zero-order chi connectivity index (χ0) is 18.2. The summed E-state index contributed by atoms with van der Waals surface area (Å²) in [5, 5.41) is 14.2. The van der Waals surface area contributed by atoms with Gasteiger partial charge in [-0.1, -0.05) is 32.1 Å². The lowest BCUT2D eigenvalue weighted by Gasteiger charge is -2.27. The molecule has 1 aliphatic carbocycles. The number of carbonyl (C=O) groups is 3. The molecule has 1 aromatic rings. The van der Waals surface area contributed by atoms with Gasteiger partial charge in [0.15, 0.2) is 0 Å². The number of carboxylic acid groups (broad SMARTS) is 1. The summed E-state index contributed by atoms with van der Waals surface area (Å²) in [6.45, 7) is 1.41. The van der Waals surface area contributed by atoms with Crippen LogP contribution in [0.25, 0.3) is 0 Å². The Kier molecular flexibility index (Phi) is 6.91. The molecule has 3 N–H and O–H groups in total. The third-order valence-corrected chi connectivity index (χ3v) is 4.59. The predicted octanol–water partition coefficient (Wildman–Crippen LogP) is 1.74. The normalized spacial score (nSPS) is 17.3. The van der Waals surface area contributed by atoms with Gasteiger partial charge in [0.1, 0.15) is 12.1 Å². The maximum atomic E-state index is 12.5. The zero-order valence-electron chi connectivity index (χ0n) is 14.4. The molecule has 1 aliphatic rings. The number of hydrogen-bond donors (Lipinski definition) is 3. The second-order valence-electron chi connectivity index (χ2n) is 6.57. The molecule has 0 saturated heterocycles. The molecule has 1 heterocycles. The second kappa shape index (κ2) is 9.15. The van der Waals surface area contributed by atoms with Crippen LogP contribution in [0, 0.1) is 5.92 Å². The van der Waals surface area contributed by atoms with Gasteiger partial charge >= 0.3 is 5.97 Å². The topological polar surface area (TPSA) is 108 Å². The van der Waals surface area contributed by atoms with Gasteiger partial charge in [-0.15, -0.1) is 0 Å². The van der Waals surface area contributed by atoms with Gasteiger partial charge in [0, 0.05) is 18.0 Å². The van der Waals surface area contributed by atoms with E-state index < -0.39 is 24.0 Å². The van der Waals surface area contributed by atoms with Crippen molar-refractivity contribution < 1.29 is 19.5 Å². The highest BCUT2D eigenvalue weighted by Crippen LogP contribution is 2.27. The van der Waals surface area contributed by atoms with Crippen LogP contribution in [0.4, 0.5) is 0 Å². The van der Waals surface area contributed by atoms with Crippen molar-refractivity contribution in [3.05, 3.63) is 30.1 Å². The number of rotatable bonds is 7. The number of hydrogen-bond acceptors (Lipinski definition) is 4. The van der Waals surface area contributed by atoms with Crippen LogP contribution in [0.1, 0.15) is 55.8 Å². The first-order valence-corrected chi connectivity index (χ1v) is 8.71. The number of aliphatic carboxylic acids is 1. The first kappa shape index (κ1) is 18.9. The Labute approximate surface area is 147 Å². The second-order valence-corrected chi connectivity index (χ2v) is 6.57. The van der Waals surface area contributed by atoms with Crippen molar-refractivity contribution in [3.8, 4) is 0 Å². The Morgan fingerprint density at radius 3 is 2.40 bits per heavy atom. The molecule has 25 heavy (non-hydrogen) atoms. The van der Waals surface area contributed by atoms with Gasteiger partial charge in [0.25, 0.3) is 5.91 Å². The molecule has 2 unspecified atom stereocenters. The first-order valence-electron chi connectivity index (χ1n) is 8.71. The summed E-state index contributed by atoms with van der Waals surface area (Å²) < 4.78 is 0. The molecule has 7 nitrogen and oxygen atoms in total. The summed E-state index contributed by atoms with van der Waals surface area (Å²) in [6, 6.07) is 1.40. The van der Waals surface area contributed by atoms with E-state index in [-0.39, 0.29) is 5.91 Å². The van der Waals surface area contributed by atoms with Crippen molar-refractivity contribution in [1.29, 1.82) is 0 Å². The van der Waals surface area contributed by atoms with Crippen molar-refractivity contribution in [2.45, 2.75) is 57.5 Å². The van der Waals surface area contributed by atoms with E-state index in [0.717, 1.165) is 25.7 Å². The van der Waals surface area contributed by atoms with E-state index in [1.807, 2.05) is 0 Å². The summed E-state index contributed by atoms with van der Waals surface area (Å²) in [6.07, 6.45) is 9.06. The zero-order valence-corrected chi connectivity index (χ0v) is 14.4. The van der Waals surface area contributed by atoms with Gasteiger partial charge in [-0.2, -0.15) is 0 Å². The Morgan fingerprint density at radius 1 is 1.16 bits per heavy atom. The predicted molar refractivity (Wildman–Crippen MR) is 91.9 cm³/mol. The fourth-order valence-electron chi connectivity index (χ4n) is 3.11. The summed E-state index contributed by atoms with van der Waals surface area (Å²) in [4.78, 5) is 39.7. The van der Waals surface area contributed by atoms with Crippen molar-refractivity contribution in [2.75, 3.05) is 0 Å². The Balaban J connectivity index is 2.06. The molecule has 0 radical (unpaired) electrons. The number of nitrogens with one attached hydrogen (secondary N) is 2. The molecule has 1 fully saturated rings. The van der Waals surface area contributed by atoms with Crippen molar-refractivity contribution in [3.63, 3.8) is 0 Å². The molecule has 1 saturated carbocycles. The number of carbonyl (C=O) groups excluding carboxylic acids is 2. The summed E-state index contributed by atoms with van der Waals surface area (Å²) in [7, 11) is 0. The van der Waals surface area contributed by atoms with Crippen LogP contribution in [0.3, 0.4) is 0 Å². The number of nitrogens with zero attached hydrogens (tertiary/aromatic N) is 1. The number of amides is 2. The van der Waals surface area contributed by atoms with Crippen molar-refractivity contribution >= 4 is 17.8 Å². The van der Waals surface area contributed by atoms with E-state index in [1.54, 1.807) is 12.1 Å². The van der Waals surface area contributed by atoms with E-state index in [2.05, 4.69) is 15.6 Å².